The molecule has 0 spiro atoms. The maximum atomic E-state index is 11.8. The van der Waals surface area contributed by atoms with Crippen molar-refractivity contribution in [1.29, 1.82) is 0 Å². The van der Waals surface area contributed by atoms with E-state index in [4.69, 9.17) is 0 Å². The Hall–Kier alpha value is -1.15. The number of benzene rings is 1. The van der Waals surface area contributed by atoms with Gasteiger partial charge in [0, 0.05) is 22.3 Å². The monoisotopic (exact) mass is 359 g/mol. The maximum Gasteiger partial charge on any atom is 0.238 e. The van der Waals surface area contributed by atoms with E-state index in [0.717, 1.165) is 9.26 Å². The van der Waals surface area contributed by atoms with Crippen LogP contribution in [0.15, 0.2) is 24.3 Å². The molecule has 96 valence electrons. The van der Waals surface area contributed by atoms with Crippen LogP contribution in [-0.4, -0.2) is 42.9 Å². The lowest BCUT2D eigenvalue weighted by Crippen LogP contribution is -2.49. The molecule has 2 amide bonds. The molecule has 1 aliphatic rings. The van der Waals surface area contributed by atoms with Gasteiger partial charge in [0.1, 0.15) is 0 Å². The maximum absolute atomic E-state index is 11.8. The zero-order valence-electron chi connectivity index (χ0n) is 9.78. The molecule has 5 nitrogen and oxygen atoms in total. The minimum absolute atomic E-state index is 0.0247. The fourth-order valence-corrected chi connectivity index (χ4v) is 2.12. The first-order chi connectivity index (χ1) is 8.63. The van der Waals surface area contributed by atoms with Gasteiger partial charge in [-0.3, -0.25) is 14.5 Å². The van der Waals surface area contributed by atoms with Crippen LogP contribution in [0, 0.1) is 3.57 Å². The number of piperazine rings is 1. The molecule has 0 aromatic heterocycles. The zero-order chi connectivity index (χ0) is 13.0. The van der Waals surface area contributed by atoms with Crippen LogP contribution in [0.3, 0.4) is 0 Å². The van der Waals surface area contributed by atoms with Gasteiger partial charge in [-0.1, -0.05) is 0 Å². The number of carbonyl (C=O) groups is 2. The molecule has 0 saturated carbocycles. The number of nitrogens with one attached hydrogen (secondary N) is 2. The van der Waals surface area contributed by atoms with Crippen molar-refractivity contribution in [3.63, 3.8) is 0 Å². The number of amides is 2. The third-order valence-corrected chi connectivity index (χ3v) is 3.33. The molecule has 1 saturated heterocycles. The summed E-state index contributed by atoms with van der Waals surface area (Å²) in [6.07, 6.45) is 0. The molecule has 18 heavy (non-hydrogen) atoms. The number of hydrogen-bond acceptors (Lipinski definition) is 3. The smallest absolute Gasteiger partial charge is 0.238 e. The van der Waals surface area contributed by atoms with E-state index in [2.05, 4.69) is 33.2 Å². The van der Waals surface area contributed by atoms with Gasteiger partial charge in [0.2, 0.25) is 11.8 Å². The van der Waals surface area contributed by atoms with Gasteiger partial charge in [0.05, 0.1) is 13.1 Å². The van der Waals surface area contributed by atoms with Gasteiger partial charge in [-0.15, -0.1) is 0 Å². The highest BCUT2D eigenvalue weighted by molar-refractivity contribution is 14.1. The van der Waals surface area contributed by atoms with Crippen molar-refractivity contribution in [2.75, 3.05) is 31.5 Å². The van der Waals surface area contributed by atoms with Crippen molar-refractivity contribution in [3.05, 3.63) is 27.8 Å². The van der Waals surface area contributed by atoms with Crippen LogP contribution in [0.25, 0.3) is 0 Å². The fourth-order valence-electron chi connectivity index (χ4n) is 1.76. The van der Waals surface area contributed by atoms with E-state index in [1.165, 1.54) is 0 Å². The quantitative estimate of drug-likeness (QED) is 0.780. The van der Waals surface area contributed by atoms with Gasteiger partial charge < -0.3 is 10.6 Å². The second kappa shape index (κ2) is 6.14. The molecule has 6 heteroatoms. The SMILES string of the molecule is O=C1CN(CC(=O)Nc2ccc(I)cc2)CCN1. The average molecular weight is 359 g/mol. The summed E-state index contributed by atoms with van der Waals surface area (Å²) in [5.41, 5.74) is 0.780. The van der Waals surface area contributed by atoms with Crippen molar-refractivity contribution in [2.24, 2.45) is 0 Å². The van der Waals surface area contributed by atoms with E-state index in [-0.39, 0.29) is 18.4 Å². The Morgan fingerprint density at radius 1 is 1.39 bits per heavy atom. The predicted molar refractivity (Wildman–Crippen MR) is 77.2 cm³/mol. The summed E-state index contributed by atoms with van der Waals surface area (Å²) >= 11 is 2.21. The Balaban J connectivity index is 1.84. The Morgan fingerprint density at radius 3 is 2.78 bits per heavy atom. The van der Waals surface area contributed by atoms with Crippen molar-refractivity contribution in [1.82, 2.24) is 10.2 Å². The van der Waals surface area contributed by atoms with E-state index in [9.17, 15) is 9.59 Å². The first-order valence-electron chi connectivity index (χ1n) is 5.68. The van der Waals surface area contributed by atoms with Gasteiger partial charge in [0.25, 0.3) is 0 Å². The summed E-state index contributed by atoms with van der Waals surface area (Å²) in [7, 11) is 0. The summed E-state index contributed by atoms with van der Waals surface area (Å²) < 4.78 is 1.12. The summed E-state index contributed by atoms with van der Waals surface area (Å²) in [5.74, 6) is -0.116. The molecule has 0 bridgehead atoms. The van der Waals surface area contributed by atoms with Crippen molar-refractivity contribution in [2.45, 2.75) is 0 Å². The van der Waals surface area contributed by atoms with Crippen LogP contribution in [0.1, 0.15) is 0 Å². The third-order valence-electron chi connectivity index (χ3n) is 2.61. The summed E-state index contributed by atoms with van der Waals surface area (Å²) in [4.78, 5) is 24.8. The van der Waals surface area contributed by atoms with E-state index < -0.39 is 0 Å². The molecule has 1 aromatic carbocycles. The van der Waals surface area contributed by atoms with Crippen LogP contribution in [0.5, 0.6) is 0 Å². The molecule has 0 radical (unpaired) electrons. The molecule has 1 aromatic rings. The molecule has 1 heterocycles. The van der Waals surface area contributed by atoms with Crippen LogP contribution < -0.4 is 10.6 Å². The largest absolute Gasteiger partial charge is 0.354 e. The number of hydrogen-bond donors (Lipinski definition) is 2. The van der Waals surface area contributed by atoms with Crippen LogP contribution >= 0.6 is 22.6 Å². The minimum atomic E-state index is -0.0918. The summed E-state index contributed by atoms with van der Waals surface area (Å²) in [5, 5.41) is 5.54. The highest BCUT2D eigenvalue weighted by Gasteiger charge is 2.18. The molecular weight excluding hydrogens is 345 g/mol. The lowest BCUT2D eigenvalue weighted by molar-refractivity contribution is -0.125. The van der Waals surface area contributed by atoms with Crippen LogP contribution in [0.2, 0.25) is 0 Å². The topological polar surface area (TPSA) is 61.4 Å². The standard InChI is InChI=1S/C12H14IN3O2/c13-9-1-3-10(4-2-9)15-12(18)8-16-6-5-14-11(17)7-16/h1-4H,5-8H2,(H,14,17)(H,15,18). The molecule has 0 aliphatic carbocycles. The van der Waals surface area contributed by atoms with Crippen LogP contribution in [0.4, 0.5) is 5.69 Å². The highest BCUT2D eigenvalue weighted by Crippen LogP contribution is 2.11. The van der Waals surface area contributed by atoms with Gasteiger partial charge in [-0.05, 0) is 46.9 Å². The highest BCUT2D eigenvalue weighted by atomic mass is 127. The summed E-state index contributed by atoms with van der Waals surface area (Å²) in [6.45, 7) is 1.86. The van der Waals surface area contributed by atoms with Gasteiger partial charge in [0.15, 0.2) is 0 Å². The number of halogens is 1. The van der Waals surface area contributed by atoms with Gasteiger partial charge in [-0.2, -0.15) is 0 Å². The first kappa shape index (κ1) is 13.3. The molecule has 2 rings (SSSR count). The van der Waals surface area contributed by atoms with Gasteiger partial charge in [-0.25, -0.2) is 0 Å². The number of rotatable bonds is 3. The number of carbonyl (C=O) groups excluding carboxylic acids is 2. The molecule has 2 N–H and O–H groups in total. The Bertz CT molecular complexity index is 447. The molecule has 1 fully saturated rings. The van der Waals surface area contributed by atoms with E-state index in [0.29, 0.717) is 19.6 Å². The number of anilines is 1. The third kappa shape index (κ3) is 3.95. The Kier molecular flexibility index (Phi) is 4.54. The Morgan fingerprint density at radius 2 is 2.11 bits per heavy atom. The lowest BCUT2D eigenvalue weighted by atomic mass is 10.3. The molecular formula is C12H14IN3O2. The summed E-state index contributed by atoms with van der Waals surface area (Å²) in [6, 6.07) is 7.60. The van der Waals surface area contributed by atoms with E-state index >= 15 is 0 Å². The Labute approximate surface area is 119 Å². The fraction of sp³-hybridized carbons (Fsp3) is 0.333. The molecule has 1 aliphatic heterocycles. The second-order valence-electron chi connectivity index (χ2n) is 4.12. The van der Waals surface area contributed by atoms with Crippen molar-refractivity contribution in [3.8, 4) is 0 Å². The van der Waals surface area contributed by atoms with E-state index in [1.54, 1.807) is 0 Å². The predicted octanol–water partition coefficient (Wildman–Crippen LogP) is 0.661. The molecule has 0 atom stereocenters. The lowest BCUT2D eigenvalue weighted by Gasteiger charge is -2.25. The van der Waals surface area contributed by atoms with E-state index in [1.807, 2.05) is 29.2 Å². The van der Waals surface area contributed by atoms with Crippen LogP contribution in [-0.2, 0) is 9.59 Å². The average Bonchev–Trinajstić information content (AvgIpc) is 2.32. The number of nitrogens with zero attached hydrogens (tertiary/aromatic N) is 1. The van der Waals surface area contributed by atoms with Crippen molar-refractivity contribution < 1.29 is 9.59 Å². The minimum Gasteiger partial charge on any atom is -0.354 e. The first-order valence-corrected chi connectivity index (χ1v) is 6.76. The van der Waals surface area contributed by atoms with Gasteiger partial charge >= 0.3 is 0 Å². The van der Waals surface area contributed by atoms with Crippen molar-refractivity contribution >= 4 is 40.1 Å². The molecule has 0 unspecified atom stereocenters. The zero-order valence-corrected chi connectivity index (χ0v) is 11.9. The second-order valence-corrected chi connectivity index (χ2v) is 5.36. The normalized spacial score (nSPS) is 16.2.